The van der Waals surface area contributed by atoms with Crippen LogP contribution in [0, 0.1) is 5.92 Å². The van der Waals surface area contributed by atoms with Gasteiger partial charge in [0.05, 0.1) is 0 Å². The summed E-state index contributed by atoms with van der Waals surface area (Å²) in [4.78, 5) is 0. The fourth-order valence-electron chi connectivity index (χ4n) is 3.59. The van der Waals surface area contributed by atoms with Gasteiger partial charge in [-0.1, -0.05) is 43.2 Å². The highest BCUT2D eigenvalue weighted by molar-refractivity contribution is 5.14. The molecule has 20 heavy (non-hydrogen) atoms. The molecule has 1 aromatic rings. The summed E-state index contributed by atoms with van der Waals surface area (Å²) in [7, 11) is 0. The van der Waals surface area contributed by atoms with Gasteiger partial charge in [0.25, 0.3) is 0 Å². The molecule has 2 fully saturated rings. The lowest BCUT2D eigenvalue weighted by Crippen LogP contribution is -2.49. The average molecular weight is 274 g/mol. The number of hydrazine groups is 1. The van der Waals surface area contributed by atoms with Crippen molar-refractivity contribution in [2.24, 2.45) is 5.92 Å². The highest BCUT2D eigenvalue weighted by Crippen LogP contribution is 2.31. The van der Waals surface area contributed by atoms with Gasteiger partial charge in [-0.15, -0.1) is 0 Å². The number of hydrogen-bond donors (Lipinski definition) is 1. The monoisotopic (exact) mass is 274 g/mol. The van der Waals surface area contributed by atoms with Gasteiger partial charge in [0.15, 0.2) is 0 Å². The van der Waals surface area contributed by atoms with Gasteiger partial charge in [0, 0.05) is 19.6 Å². The van der Waals surface area contributed by atoms with Gasteiger partial charge in [-0.2, -0.15) is 0 Å². The van der Waals surface area contributed by atoms with E-state index in [-0.39, 0.29) is 6.23 Å². The van der Waals surface area contributed by atoms with Gasteiger partial charge in [-0.05, 0) is 37.2 Å². The topological polar surface area (TPSA) is 26.7 Å². The zero-order valence-corrected chi connectivity index (χ0v) is 12.2. The Labute approximate surface area is 122 Å². The summed E-state index contributed by atoms with van der Waals surface area (Å²) in [5.74, 6) is 0.458. The molecule has 0 bridgehead atoms. The van der Waals surface area contributed by atoms with Crippen molar-refractivity contribution in [2.75, 3.05) is 13.1 Å². The van der Waals surface area contributed by atoms with E-state index in [0.717, 1.165) is 19.6 Å². The highest BCUT2D eigenvalue weighted by atomic mass is 16.3. The summed E-state index contributed by atoms with van der Waals surface area (Å²) < 4.78 is 0. The van der Waals surface area contributed by atoms with Crippen LogP contribution in [-0.4, -0.2) is 34.4 Å². The third-order valence-electron chi connectivity index (χ3n) is 4.76. The molecule has 1 unspecified atom stereocenters. The number of hydrogen-bond acceptors (Lipinski definition) is 3. The molecule has 2 aliphatic rings. The van der Waals surface area contributed by atoms with E-state index in [1.54, 1.807) is 0 Å². The maximum Gasteiger partial charge on any atom is 0.123 e. The number of rotatable bonds is 5. The van der Waals surface area contributed by atoms with Crippen molar-refractivity contribution >= 4 is 0 Å². The second-order valence-corrected chi connectivity index (χ2v) is 6.20. The molecular formula is C17H26N2O. The Kier molecular flexibility index (Phi) is 4.71. The van der Waals surface area contributed by atoms with Crippen molar-refractivity contribution in [1.82, 2.24) is 10.0 Å². The van der Waals surface area contributed by atoms with E-state index in [2.05, 4.69) is 40.3 Å². The van der Waals surface area contributed by atoms with Crippen molar-refractivity contribution in [3.63, 3.8) is 0 Å². The molecule has 110 valence electrons. The second-order valence-electron chi connectivity index (χ2n) is 6.20. The summed E-state index contributed by atoms with van der Waals surface area (Å²) in [5.41, 5.74) is 1.29. The fraction of sp³-hybridized carbons (Fsp3) is 0.647. The number of benzene rings is 1. The Morgan fingerprint density at radius 2 is 1.70 bits per heavy atom. The van der Waals surface area contributed by atoms with Crippen LogP contribution < -0.4 is 0 Å². The maximum absolute atomic E-state index is 10.8. The summed E-state index contributed by atoms with van der Waals surface area (Å²) in [6.45, 7) is 3.02. The first-order valence-corrected chi connectivity index (χ1v) is 8.08. The van der Waals surface area contributed by atoms with E-state index in [1.165, 1.54) is 44.1 Å². The van der Waals surface area contributed by atoms with Gasteiger partial charge in [0.1, 0.15) is 6.23 Å². The molecule has 3 nitrogen and oxygen atoms in total. The van der Waals surface area contributed by atoms with E-state index in [0.29, 0.717) is 5.92 Å². The minimum Gasteiger partial charge on any atom is -0.377 e. The maximum atomic E-state index is 10.8. The van der Waals surface area contributed by atoms with E-state index in [1.807, 2.05) is 0 Å². The van der Waals surface area contributed by atoms with Crippen LogP contribution in [0.15, 0.2) is 30.3 Å². The van der Waals surface area contributed by atoms with Crippen molar-refractivity contribution in [3.8, 4) is 0 Å². The number of nitrogens with zero attached hydrogens (tertiary/aromatic N) is 2. The molecule has 1 aromatic carbocycles. The Bertz CT molecular complexity index is 397. The zero-order valence-electron chi connectivity index (χ0n) is 12.2. The lowest BCUT2D eigenvalue weighted by Gasteiger charge is -2.38. The van der Waals surface area contributed by atoms with Crippen molar-refractivity contribution < 1.29 is 5.11 Å². The Hall–Kier alpha value is -0.900. The average Bonchev–Trinajstić information content (AvgIpc) is 3.18. The van der Waals surface area contributed by atoms with Gasteiger partial charge in [-0.3, -0.25) is 0 Å². The summed E-state index contributed by atoms with van der Waals surface area (Å²) >= 11 is 0. The van der Waals surface area contributed by atoms with Crippen molar-refractivity contribution in [3.05, 3.63) is 35.9 Å². The molecule has 1 N–H and O–H groups in total. The minimum atomic E-state index is -0.309. The van der Waals surface area contributed by atoms with E-state index < -0.39 is 0 Å². The van der Waals surface area contributed by atoms with Crippen molar-refractivity contribution in [2.45, 2.75) is 51.3 Å². The van der Waals surface area contributed by atoms with E-state index in [9.17, 15) is 5.11 Å². The van der Waals surface area contributed by atoms with Crippen LogP contribution in [-0.2, 0) is 6.54 Å². The molecule has 1 saturated carbocycles. The standard InChI is InChI=1S/C17H26N2O/c20-17(16-10-4-5-11-16)19(18-12-6-7-13-18)14-15-8-2-1-3-9-15/h1-3,8-9,16-17,20H,4-7,10-14H2. The third-order valence-corrected chi connectivity index (χ3v) is 4.76. The van der Waals surface area contributed by atoms with Crippen LogP contribution in [0.4, 0.5) is 0 Å². The number of aliphatic hydroxyl groups is 1. The number of aliphatic hydroxyl groups excluding tert-OH is 1. The summed E-state index contributed by atoms with van der Waals surface area (Å²) in [6, 6.07) is 10.5. The van der Waals surface area contributed by atoms with Crippen LogP contribution in [0.3, 0.4) is 0 Å². The molecule has 1 saturated heterocycles. The molecule has 3 rings (SSSR count). The smallest absolute Gasteiger partial charge is 0.123 e. The predicted octanol–water partition coefficient (Wildman–Crippen LogP) is 3.01. The molecule has 1 heterocycles. The molecule has 1 atom stereocenters. The summed E-state index contributed by atoms with van der Waals surface area (Å²) in [6.07, 6.45) is 7.11. The van der Waals surface area contributed by atoms with Crippen LogP contribution in [0.25, 0.3) is 0 Å². The molecule has 0 radical (unpaired) electrons. The molecular weight excluding hydrogens is 248 g/mol. The van der Waals surface area contributed by atoms with Crippen LogP contribution in [0.1, 0.15) is 44.1 Å². The molecule has 1 aliphatic heterocycles. The Balaban J connectivity index is 1.72. The largest absolute Gasteiger partial charge is 0.377 e. The molecule has 0 amide bonds. The SMILES string of the molecule is OC(C1CCCC1)N(Cc1ccccc1)N1CCCC1. The van der Waals surface area contributed by atoms with Crippen molar-refractivity contribution in [1.29, 1.82) is 0 Å². The lowest BCUT2D eigenvalue weighted by atomic mass is 10.1. The lowest BCUT2D eigenvalue weighted by molar-refractivity contribution is -0.159. The predicted molar refractivity (Wildman–Crippen MR) is 80.8 cm³/mol. The Morgan fingerprint density at radius 3 is 2.35 bits per heavy atom. The van der Waals surface area contributed by atoms with E-state index >= 15 is 0 Å². The first-order chi connectivity index (χ1) is 9.84. The van der Waals surface area contributed by atoms with Gasteiger partial charge < -0.3 is 5.11 Å². The first kappa shape index (κ1) is 14.1. The first-order valence-electron chi connectivity index (χ1n) is 8.08. The molecule has 0 spiro atoms. The van der Waals surface area contributed by atoms with Crippen LogP contribution in [0.5, 0.6) is 0 Å². The second kappa shape index (κ2) is 6.70. The fourth-order valence-corrected chi connectivity index (χ4v) is 3.59. The van der Waals surface area contributed by atoms with Gasteiger partial charge in [0.2, 0.25) is 0 Å². The zero-order chi connectivity index (χ0) is 13.8. The van der Waals surface area contributed by atoms with Crippen LogP contribution >= 0.6 is 0 Å². The quantitative estimate of drug-likeness (QED) is 0.836. The normalized spacial score (nSPS) is 22.7. The molecule has 1 aliphatic carbocycles. The third kappa shape index (κ3) is 3.22. The summed E-state index contributed by atoms with van der Waals surface area (Å²) in [5, 5.41) is 15.4. The van der Waals surface area contributed by atoms with Crippen LogP contribution in [0.2, 0.25) is 0 Å². The Morgan fingerprint density at radius 1 is 1.05 bits per heavy atom. The minimum absolute atomic E-state index is 0.309. The van der Waals surface area contributed by atoms with Gasteiger partial charge in [-0.25, -0.2) is 10.0 Å². The highest BCUT2D eigenvalue weighted by Gasteiger charge is 2.32. The molecule has 3 heteroatoms. The van der Waals surface area contributed by atoms with E-state index in [4.69, 9.17) is 0 Å². The van der Waals surface area contributed by atoms with Gasteiger partial charge >= 0.3 is 0 Å². The molecule has 0 aromatic heterocycles.